The number of nitrogens with one attached hydrogen (secondary N) is 1. The second-order valence-electron chi connectivity index (χ2n) is 4.11. The summed E-state index contributed by atoms with van der Waals surface area (Å²) < 4.78 is 0. The highest BCUT2D eigenvalue weighted by molar-refractivity contribution is 4.78. The largest absolute Gasteiger partial charge is 0.395 e. The van der Waals surface area contributed by atoms with Crippen molar-refractivity contribution in [2.45, 2.75) is 26.3 Å². The van der Waals surface area contributed by atoms with E-state index >= 15 is 0 Å². The molecule has 1 aliphatic rings. The maximum atomic E-state index is 9.01. The third-order valence-corrected chi connectivity index (χ3v) is 2.83. The molecule has 1 saturated heterocycles. The van der Waals surface area contributed by atoms with Gasteiger partial charge in [-0.3, -0.25) is 0 Å². The molecule has 13 heavy (non-hydrogen) atoms. The minimum Gasteiger partial charge on any atom is -0.395 e. The molecular weight excluding hydrogens is 164 g/mol. The molecule has 0 spiro atoms. The Morgan fingerprint density at radius 1 is 1.62 bits per heavy atom. The van der Waals surface area contributed by atoms with E-state index in [1.54, 1.807) is 0 Å². The highest BCUT2D eigenvalue weighted by Crippen LogP contribution is 2.06. The smallest absolute Gasteiger partial charge is 0.0597 e. The summed E-state index contributed by atoms with van der Waals surface area (Å²) in [5, 5.41) is 12.3. The molecule has 1 aliphatic heterocycles. The van der Waals surface area contributed by atoms with E-state index < -0.39 is 0 Å². The van der Waals surface area contributed by atoms with Crippen LogP contribution in [0, 0.1) is 5.92 Å². The monoisotopic (exact) mass is 186 g/mol. The standard InChI is InChI=1S/C10H22N2O/c1-3-9(2)6-12-5-4-11-10(7-12)8-13/h9-11,13H,3-8H2,1-2H3. The fraction of sp³-hybridized carbons (Fsp3) is 1.00. The van der Waals surface area contributed by atoms with Gasteiger partial charge in [-0.1, -0.05) is 20.3 Å². The molecule has 3 nitrogen and oxygen atoms in total. The number of rotatable bonds is 4. The predicted molar refractivity (Wildman–Crippen MR) is 54.8 cm³/mol. The van der Waals surface area contributed by atoms with Crippen LogP contribution in [0.4, 0.5) is 0 Å². The van der Waals surface area contributed by atoms with E-state index in [1.807, 2.05) is 0 Å². The Bertz CT molecular complexity index is 139. The Morgan fingerprint density at radius 3 is 3.00 bits per heavy atom. The summed E-state index contributed by atoms with van der Waals surface area (Å²) in [5.74, 6) is 0.775. The van der Waals surface area contributed by atoms with E-state index in [0.717, 1.165) is 25.6 Å². The fourth-order valence-corrected chi connectivity index (χ4v) is 1.75. The minimum absolute atomic E-state index is 0.261. The Morgan fingerprint density at radius 2 is 2.38 bits per heavy atom. The zero-order valence-corrected chi connectivity index (χ0v) is 8.79. The van der Waals surface area contributed by atoms with E-state index in [0.29, 0.717) is 0 Å². The summed E-state index contributed by atoms with van der Waals surface area (Å²) in [4.78, 5) is 2.45. The lowest BCUT2D eigenvalue weighted by molar-refractivity contribution is 0.135. The van der Waals surface area contributed by atoms with Crippen molar-refractivity contribution in [3.63, 3.8) is 0 Å². The molecule has 2 atom stereocenters. The number of nitrogens with zero attached hydrogens (tertiary/aromatic N) is 1. The van der Waals surface area contributed by atoms with E-state index in [-0.39, 0.29) is 12.6 Å². The summed E-state index contributed by atoms with van der Waals surface area (Å²) >= 11 is 0. The van der Waals surface area contributed by atoms with E-state index in [2.05, 4.69) is 24.1 Å². The Kier molecular flexibility index (Phi) is 4.70. The second kappa shape index (κ2) is 5.58. The predicted octanol–water partition coefficient (Wildman–Crippen LogP) is 0.299. The number of piperazine rings is 1. The normalized spacial score (nSPS) is 27.5. The fourth-order valence-electron chi connectivity index (χ4n) is 1.75. The lowest BCUT2D eigenvalue weighted by Gasteiger charge is -2.34. The molecule has 0 radical (unpaired) electrons. The van der Waals surface area contributed by atoms with Gasteiger partial charge in [0.15, 0.2) is 0 Å². The summed E-state index contributed by atoms with van der Waals surface area (Å²) in [5.41, 5.74) is 0. The maximum absolute atomic E-state index is 9.01. The lowest BCUT2D eigenvalue weighted by Crippen LogP contribution is -2.53. The molecular formula is C10H22N2O. The van der Waals surface area contributed by atoms with Crippen LogP contribution in [-0.4, -0.2) is 48.8 Å². The molecule has 3 heteroatoms. The maximum Gasteiger partial charge on any atom is 0.0597 e. The summed E-state index contributed by atoms with van der Waals surface area (Å²) in [6.45, 7) is 9.10. The van der Waals surface area contributed by atoms with Crippen molar-refractivity contribution in [3.05, 3.63) is 0 Å². The van der Waals surface area contributed by atoms with Crippen molar-refractivity contribution in [2.24, 2.45) is 5.92 Å². The highest BCUT2D eigenvalue weighted by Gasteiger charge is 2.18. The van der Waals surface area contributed by atoms with Gasteiger partial charge in [0.1, 0.15) is 0 Å². The van der Waals surface area contributed by atoms with Gasteiger partial charge in [-0.2, -0.15) is 0 Å². The molecule has 0 aromatic rings. The van der Waals surface area contributed by atoms with E-state index in [4.69, 9.17) is 5.11 Å². The Labute approximate surface area is 81.1 Å². The first-order valence-electron chi connectivity index (χ1n) is 5.32. The van der Waals surface area contributed by atoms with Crippen molar-refractivity contribution >= 4 is 0 Å². The number of aliphatic hydroxyl groups is 1. The van der Waals surface area contributed by atoms with Crippen LogP contribution >= 0.6 is 0 Å². The molecule has 1 fully saturated rings. The second-order valence-corrected chi connectivity index (χ2v) is 4.11. The van der Waals surface area contributed by atoms with Gasteiger partial charge in [-0.05, 0) is 5.92 Å². The average Bonchev–Trinajstić information content (AvgIpc) is 2.18. The Balaban J connectivity index is 2.25. The summed E-state index contributed by atoms with van der Waals surface area (Å²) in [7, 11) is 0. The molecule has 1 heterocycles. The van der Waals surface area contributed by atoms with E-state index in [9.17, 15) is 0 Å². The SMILES string of the molecule is CCC(C)CN1CCNC(CO)C1. The van der Waals surface area contributed by atoms with Crippen LogP contribution in [0.3, 0.4) is 0 Å². The van der Waals surface area contributed by atoms with Crippen LogP contribution in [0.2, 0.25) is 0 Å². The van der Waals surface area contributed by atoms with Crippen LogP contribution in [0.15, 0.2) is 0 Å². The molecule has 2 unspecified atom stereocenters. The molecule has 0 saturated carbocycles. The first-order valence-corrected chi connectivity index (χ1v) is 5.32. The molecule has 78 valence electrons. The zero-order valence-electron chi connectivity index (χ0n) is 8.79. The van der Waals surface area contributed by atoms with Crippen LogP contribution in [0.5, 0.6) is 0 Å². The number of hydrogen-bond acceptors (Lipinski definition) is 3. The third kappa shape index (κ3) is 3.63. The topological polar surface area (TPSA) is 35.5 Å². The highest BCUT2D eigenvalue weighted by atomic mass is 16.3. The minimum atomic E-state index is 0.261. The Hall–Kier alpha value is -0.120. The quantitative estimate of drug-likeness (QED) is 0.663. The van der Waals surface area contributed by atoms with Gasteiger partial charge in [0.05, 0.1) is 6.61 Å². The van der Waals surface area contributed by atoms with E-state index in [1.165, 1.54) is 13.0 Å². The van der Waals surface area contributed by atoms with Crippen LogP contribution < -0.4 is 5.32 Å². The molecule has 0 aromatic carbocycles. The van der Waals surface area contributed by atoms with Crippen LogP contribution in [0.1, 0.15) is 20.3 Å². The lowest BCUT2D eigenvalue weighted by atomic mass is 10.1. The van der Waals surface area contributed by atoms with Crippen LogP contribution in [0.25, 0.3) is 0 Å². The molecule has 0 aromatic heterocycles. The third-order valence-electron chi connectivity index (χ3n) is 2.83. The van der Waals surface area contributed by atoms with Crippen molar-refractivity contribution < 1.29 is 5.11 Å². The van der Waals surface area contributed by atoms with Crippen molar-refractivity contribution in [1.29, 1.82) is 0 Å². The van der Waals surface area contributed by atoms with Crippen molar-refractivity contribution in [1.82, 2.24) is 10.2 Å². The zero-order chi connectivity index (χ0) is 9.68. The number of hydrogen-bond donors (Lipinski definition) is 2. The van der Waals surface area contributed by atoms with Gasteiger partial charge >= 0.3 is 0 Å². The van der Waals surface area contributed by atoms with Gasteiger partial charge in [0.25, 0.3) is 0 Å². The molecule has 0 amide bonds. The number of aliphatic hydroxyl groups excluding tert-OH is 1. The molecule has 0 aliphatic carbocycles. The molecule has 1 rings (SSSR count). The van der Waals surface area contributed by atoms with Gasteiger partial charge in [-0.25, -0.2) is 0 Å². The van der Waals surface area contributed by atoms with Crippen molar-refractivity contribution in [2.75, 3.05) is 32.8 Å². The van der Waals surface area contributed by atoms with Gasteiger partial charge < -0.3 is 15.3 Å². The first-order chi connectivity index (χ1) is 6.26. The van der Waals surface area contributed by atoms with Gasteiger partial charge in [-0.15, -0.1) is 0 Å². The first kappa shape index (κ1) is 11.0. The average molecular weight is 186 g/mol. The summed E-state index contributed by atoms with van der Waals surface area (Å²) in [6, 6.07) is 0.290. The van der Waals surface area contributed by atoms with Crippen LogP contribution in [-0.2, 0) is 0 Å². The van der Waals surface area contributed by atoms with Gasteiger partial charge in [0, 0.05) is 32.2 Å². The van der Waals surface area contributed by atoms with Gasteiger partial charge in [0.2, 0.25) is 0 Å². The van der Waals surface area contributed by atoms with Crippen molar-refractivity contribution in [3.8, 4) is 0 Å². The molecule has 2 N–H and O–H groups in total. The molecule has 0 bridgehead atoms. The summed E-state index contributed by atoms with van der Waals surface area (Å²) in [6.07, 6.45) is 1.24.